The molecule has 0 radical (unpaired) electrons. The number of amides is 1. The number of rotatable bonds is 6. The van der Waals surface area contributed by atoms with Crippen molar-refractivity contribution in [3.05, 3.63) is 52.7 Å². The van der Waals surface area contributed by atoms with Gasteiger partial charge >= 0.3 is 6.18 Å². The second kappa shape index (κ2) is 8.47. The first-order chi connectivity index (χ1) is 12.6. The molecule has 0 saturated carbocycles. The van der Waals surface area contributed by atoms with Crippen molar-refractivity contribution in [2.24, 2.45) is 0 Å². The molecule has 0 aliphatic heterocycles. The van der Waals surface area contributed by atoms with Crippen LogP contribution < -0.4 is 9.47 Å². The number of aromatic nitrogens is 1. The number of hydrogen-bond donors (Lipinski definition) is 0. The monoisotopic (exact) mass is 402 g/mol. The summed E-state index contributed by atoms with van der Waals surface area (Å²) in [7, 11) is 3.14. The highest BCUT2D eigenvalue weighted by Gasteiger charge is 2.29. The van der Waals surface area contributed by atoms with Crippen molar-refractivity contribution in [1.82, 2.24) is 9.88 Å². The van der Waals surface area contributed by atoms with Crippen molar-refractivity contribution >= 4 is 17.5 Å². The van der Waals surface area contributed by atoms with Crippen molar-refractivity contribution in [2.45, 2.75) is 19.1 Å². The van der Waals surface area contributed by atoms with E-state index in [1.165, 1.54) is 18.1 Å². The van der Waals surface area contributed by atoms with Crippen molar-refractivity contribution < 1.29 is 27.4 Å². The fourth-order valence-electron chi connectivity index (χ4n) is 2.40. The first-order valence-electron chi connectivity index (χ1n) is 7.89. The second-order valence-electron chi connectivity index (χ2n) is 5.75. The van der Waals surface area contributed by atoms with Crippen LogP contribution in [0.15, 0.2) is 36.5 Å². The summed E-state index contributed by atoms with van der Waals surface area (Å²) in [6, 6.07) is 8.18. The quantitative estimate of drug-likeness (QED) is 0.713. The molecule has 146 valence electrons. The molecule has 9 heteroatoms. The van der Waals surface area contributed by atoms with E-state index in [1.54, 1.807) is 13.1 Å². The first-order valence-corrected chi connectivity index (χ1v) is 8.27. The number of nitrogens with zero attached hydrogens (tertiary/aromatic N) is 2. The van der Waals surface area contributed by atoms with Crippen molar-refractivity contribution in [2.75, 3.05) is 20.8 Å². The van der Waals surface area contributed by atoms with Gasteiger partial charge in [-0.3, -0.25) is 4.79 Å². The number of alkyl halides is 3. The molecule has 0 aliphatic rings. The zero-order chi connectivity index (χ0) is 20.2. The third-order valence-corrected chi connectivity index (χ3v) is 4.19. The molecule has 0 fully saturated rings. The van der Waals surface area contributed by atoms with Crippen LogP contribution in [0, 0.1) is 0 Å². The summed E-state index contributed by atoms with van der Waals surface area (Å²) >= 11 is 5.91. The maximum atomic E-state index is 12.7. The average molecular weight is 403 g/mol. The van der Waals surface area contributed by atoms with Gasteiger partial charge in [0, 0.05) is 18.8 Å². The maximum Gasteiger partial charge on any atom is 0.422 e. The molecule has 5 nitrogen and oxygen atoms in total. The van der Waals surface area contributed by atoms with E-state index in [9.17, 15) is 18.0 Å². The zero-order valence-electron chi connectivity index (χ0n) is 14.9. The van der Waals surface area contributed by atoms with Crippen molar-refractivity contribution in [3.8, 4) is 11.6 Å². The van der Waals surface area contributed by atoms with E-state index in [4.69, 9.17) is 16.3 Å². The van der Waals surface area contributed by atoms with Gasteiger partial charge in [0.1, 0.15) is 10.8 Å². The Hall–Kier alpha value is -2.48. The lowest BCUT2D eigenvalue weighted by Crippen LogP contribution is -2.30. The van der Waals surface area contributed by atoms with Gasteiger partial charge in [0.05, 0.1) is 18.7 Å². The topological polar surface area (TPSA) is 51.7 Å². The molecule has 0 aliphatic carbocycles. The fourth-order valence-corrected chi connectivity index (χ4v) is 2.62. The zero-order valence-corrected chi connectivity index (χ0v) is 15.6. The van der Waals surface area contributed by atoms with Crippen LogP contribution in [0.4, 0.5) is 13.2 Å². The number of carbonyl (C=O) groups excluding carboxylic acids is 1. The van der Waals surface area contributed by atoms with Gasteiger partial charge in [0.2, 0.25) is 5.88 Å². The molecule has 0 spiro atoms. The molecule has 1 heterocycles. The molecule has 1 atom stereocenters. The number of hydrogen-bond acceptors (Lipinski definition) is 4. The number of para-hydroxylation sites is 1. The third kappa shape index (κ3) is 5.26. The minimum Gasteiger partial charge on any atom is -0.496 e. The Kier molecular flexibility index (Phi) is 6.54. The van der Waals surface area contributed by atoms with Gasteiger partial charge in [0.25, 0.3) is 5.91 Å². The highest BCUT2D eigenvalue weighted by atomic mass is 35.5. The normalized spacial score (nSPS) is 12.4. The van der Waals surface area contributed by atoms with E-state index in [0.29, 0.717) is 5.75 Å². The molecule has 1 aromatic heterocycles. The number of carbonyl (C=O) groups is 1. The summed E-state index contributed by atoms with van der Waals surface area (Å²) in [5.74, 6) is -0.146. The lowest BCUT2D eigenvalue weighted by atomic mass is 10.1. The number of ether oxygens (including phenoxy) is 2. The first kappa shape index (κ1) is 20.8. The molecule has 1 unspecified atom stereocenters. The van der Waals surface area contributed by atoms with Crippen molar-refractivity contribution in [1.29, 1.82) is 0 Å². The third-order valence-electron chi connectivity index (χ3n) is 3.92. The predicted molar refractivity (Wildman–Crippen MR) is 94.3 cm³/mol. The van der Waals surface area contributed by atoms with Gasteiger partial charge in [-0.2, -0.15) is 13.2 Å². The molecule has 0 N–H and O–H groups in total. The molecule has 27 heavy (non-hydrogen) atoms. The molecule has 0 saturated heterocycles. The van der Waals surface area contributed by atoms with Crippen LogP contribution >= 0.6 is 11.6 Å². The van der Waals surface area contributed by atoms with E-state index >= 15 is 0 Å². The summed E-state index contributed by atoms with van der Waals surface area (Å²) < 4.78 is 46.5. The number of pyridine rings is 1. The number of halogens is 4. The Bertz CT molecular complexity index is 815. The summed E-state index contributed by atoms with van der Waals surface area (Å²) in [6.45, 7) is 0.309. The van der Waals surface area contributed by atoms with E-state index in [-0.39, 0.29) is 22.5 Å². The summed E-state index contributed by atoms with van der Waals surface area (Å²) in [5.41, 5.74) is 0.934. The van der Waals surface area contributed by atoms with Gasteiger partial charge in [-0.1, -0.05) is 29.8 Å². The Morgan fingerprint density at radius 3 is 2.59 bits per heavy atom. The Morgan fingerprint density at radius 2 is 2.00 bits per heavy atom. The van der Waals surface area contributed by atoms with Crippen LogP contribution in [0.1, 0.15) is 28.9 Å². The van der Waals surface area contributed by atoms with E-state index in [0.717, 1.165) is 11.8 Å². The van der Waals surface area contributed by atoms with Gasteiger partial charge < -0.3 is 14.4 Å². The van der Waals surface area contributed by atoms with Crippen LogP contribution in [0.2, 0.25) is 5.02 Å². The summed E-state index contributed by atoms with van der Waals surface area (Å²) in [4.78, 5) is 17.9. The summed E-state index contributed by atoms with van der Waals surface area (Å²) in [5, 5.41) is -0.177. The fraction of sp³-hybridized carbons (Fsp3) is 0.333. The Morgan fingerprint density at radius 1 is 1.33 bits per heavy atom. The van der Waals surface area contributed by atoms with E-state index in [1.807, 2.05) is 25.1 Å². The largest absolute Gasteiger partial charge is 0.496 e. The highest BCUT2D eigenvalue weighted by molar-refractivity contribution is 6.32. The average Bonchev–Trinajstić information content (AvgIpc) is 2.64. The smallest absolute Gasteiger partial charge is 0.422 e. The van der Waals surface area contributed by atoms with Gasteiger partial charge in [-0.05, 0) is 19.1 Å². The lowest BCUT2D eigenvalue weighted by Gasteiger charge is -2.26. The van der Waals surface area contributed by atoms with E-state index in [2.05, 4.69) is 9.72 Å². The predicted octanol–water partition coefficient (Wildman–Crippen LogP) is 4.52. The molecule has 2 rings (SSSR count). The molecule has 1 amide bonds. The SMILES string of the molecule is COc1ccccc1C(C)N(C)C(=O)c1cnc(OCC(F)(F)F)c(Cl)c1. The Labute approximate surface area is 159 Å². The van der Waals surface area contributed by atoms with Crippen LogP contribution in [-0.4, -0.2) is 42.7 Å². The van der Waals surface area contributed by atoms with Crippen LogP contribution in [0.3, 0.4) is 0 Å². The van der Waals surface area contributed by atoms with Crippen LogP contribution in [-0.2, 0) is 0 Å². The summed E-state index contributed by atoms with van der Waals surface area (Å²) in [6.07, 6.45) is -3.38. The minimum absolute atomic E-state index is 0.128. The Balaban J connectivity index is 2.18. The van der Waals surface area contributed by atoms with Gasteiger partial charge in [-0.15, -0.1) is 0 Å². The van der Waals surface area contributed by atoms with Gasteiger partial charge in [-0.25, -0.2) is 4.98 Å². The minimum atomic E-state index is -4.51. The molecular formula is C18H18ClF3N2O3. The van der Waals surface area contributed by atoms with Crippen molar-refractivity contribution in [3.63, 3.8) is 0 Å². The standard InChI is InChI=1S/C18H18ClF3N2O3/c1-11(13-6-4-5-7-15(13)26-3)24(2)17(25)12-8-14(19)16(23-9-12)27-10-18(20,21)22/h4-9,11H,10H2,1-3H3. The molecular weight excluding hydrogens is 385 g/mol. The number of benzene rings is 1. The molecule has 0 bridgehead atoms. The van der Waals surface area contributed by atoms with Crippen LogP contribution in [0.5, 0.6) is 11.6 Å². The van der Waals surface area contributed by atoms with Gasteiger partial charge in [0.15, 0.2) is 6.61 Å². The maximum absolute atomic E-state index is 12.7. The molecule has 1 aromatic carbocycles. The molecule has 2 aromatic rings. The highest BCUT2D eigenvalue weighted by Crippen LogP contribution is 2.30. The number of methoxy groups -OCH3 is 1. The lowest BCUT2D eigenvalue weighted by molar-refractivity contribution is -0.154. The second-order valence-corrected chi connectivity index (χ2v) is 6.16. The van der Waals surface area contributed by atoms with Crippen LogP contribution in [0.25, 0.3) is 0 Å². The van der Waals surface area contributed by atoms with E-state index < -0.39 is 18.7 Å².